The van der Waals surface area contributed by atoms with Crippen molar-refractivity contribution in [3.8, 4) is 17.2 Å². The van der Waals surface area contributed by atoms with Crippen LogP contribution in [0.5, 0.6) is 17.2 Å². The lowest BCUT2D eigenvalue weighted by Crippen LogP contribution is -2.28. The number of nitrogens with one attached hydrogen (secondary N) is 1. The number of ether oxygens (including phenoxy) is 3. The van der Waals surface area contributed by atoms with Gasteiger partial charge in [-0.1, -0.05) is 18.2 Å². The van der Waals surface area contributed by atoms with Gasteiger partial charge >= 0.3 is 0 Å². The van der Waals surface area contributed by atoms with Gasteiger partial charge in [-0.25, -0.2) is 0 Å². The smallest absolute Gasteiger partial charge is 0.203 e. The molecule has 0 amide bonds. The lowest BCUT2D eigenvalue weighted by Gasteiger charge is -2.25. The standard InChI is InChI=1S/C19H24N2O3/c1-22-17-10-14(11-18(23-2)19(17)24-3)13-21-9-8-20-12-15-6-4-5-7-16(15)21/h4-7,10-11,20H,8-9,12-13H2,1-3H3. The Bertz CT molecular complexity index is 678. The molecule has 1 aliphatic heterocycles. The minimum absolute atomic E-state index is 0.627. The minimum Gasteiger partial charge on any atom is -0.493 e. The molecular formula is C19H24N2O3. The van der Waals surface area contributed by atoms with E-state index in [1.165, 1.54) is 11.3 Å². The number of nitrogens with zero attached hydrogens (tertiary/aromatic N) is 1. The van der Waals surface area contributed by atoms with Crippen molar-refractivity contribution < 1.29 is 14.2 Å². The quantitative estimate of drug-likeness (QED) is 0.914. The van der Waals surface area contributed by atoms with Crippen molar-refractivity contribution in [2.75, 3.05) is 39.3 Å². The molecule has 5 heteroatoms. The zero-order valence-electron chi connectivity index (χ0n) is 14.5. The SMILES string of the molecule is COc1cc(CN2CCNCc3ccccc32)cc(OC)c1OC. The molecule has 1 heterocycles. The Morgan fingerprint density at radius 3 is 2.38 bits per heavy atom. The molecule has 0 bridgehead atoms. The Labute approximate surface area is 143 Å². The van der Waals surface area contributed by atoms with Crippen molar-refractivity contribution in [2.24, 2.45) is 0 Å². The van der Waals surface area contributed by atoms with Gasteiger partial charge in [-0.3, -0.25) is 0 Å². The van der Waals surface area contributed by atoms with Gasteiger partial charge in [0.2, 0.25) is 5.75 Å². The number of methoxy groups -OCH3 is 3. The highest BCUT2D eigenvalue weighted by Crippen LogP contribution is 2.39. The first-order chi connectivity index (χ1) is 11.8. The number of hydrogen-bond donors (Lipinski definition) is 1. The fraction of sp³-hybridized carbons (Fsp3) is 0.368. The van der Waals surface area contributed by atoms with Crippen molar-refractivity contribution in [3.63, 3.8) is 0 Å². The number of rotatable bonds is 5. The van der Waals surface area contributed by atoms with E-state index >= 15 is 0 Å². The van der Waals surface area contributed by atoms with Crippen LogP contribution in [-0.2, 0) is 13.1 Å². The van der Waals surface area contributed by atoms with Crippen LogP contribution in [0.2, 0.25) is 0 Å². The van der Waals surface area contributed by atoms with Crippen LogP contribution in [-0.4, -0.2) is 34.4 Å². The molecule has 0 unspecified atom stereocenters. The summed E-state index contributed by atoms with van der Waals surface area (Å²) >= 11 is 0. The van der Waals surface area contributed by atoms with Gasteiger partial charge < -0.3 is 24.4 Å². The second-order valence-corrected chi connectivity index (χ2v) is 5.76. The van der Waals surface area contributed by atoms with E-state index in [1.54, 1.807) is 21.3 Å². The van der Waals surface area contributed by atoms with Crippen LogP contribution in [0.3, 0.4) is 0 Å². The van der Waals surface area contributed by atoms with Crippen molar-refractivity contribution in [1.29, 1.82) is 0 Å². The van der Waals surface area contributed by atoms with Gasteiger partial charge in [-0.15, -0.1) is 0 Å². The summed E-state index contributed by atoms with van der Waals surface area (Å²) in [6.07, 6.45) is 0. The first-order valence-corrected chi connectivity index (χ1v) is 8.09. The Morgan fingerprint density at radius 2 is 1.71 bits per heavy atom. The molecule has 1 aliphatic rings. The zero-order valence-corrected chi connectivity index (χ0v) is 14.5. The number of anilines is 1. The second kappa shape index (κ2) is 7.45. The largest absolute Gasteiger partial charge is 0.493 e. The van der Waals surface area contributed by atoms with E-state index in [0.29, 0.717) is 17.2 Å². The highest BCUT2D eigenvalue weighted by molar-refractivity contribution is 5.57. The van der Waals surface area contributed by atoms with Gasteiger partial charge in [0, 0.05) is 31.9 Å². The fourth-order valence-corrected chi connectivity index (χ4v) is 3.14. The molecule has 24 heavy (non-hydrogen) atoms. The summed E-state index contributed by atoms with van der Waals surface area (Å²) in [5.74, 6) is 2.00. The number of fused-ring (bicyclic) bond motifs is 1. The molecule has 0 aliphatic carbocycles. The van der Waals surface area contributed by atoms with Crippen LogP contribution in [0.4, 0.5) is 5.69 Å². The van der Waals surface area contributed by atoms with E-state index < -0.39 is 0 Å². The molecule has 3 rings (SSSR count). The molecule has 2 aromatic carbocycles. The summed E-state index contributed by atoms with van der Waals surface area (Å²) in [6, 6.07) is 12.6. The summed E-state index contributed by atoms with van der Waals surface area (Å²) in [5, 5.41) is 3.47. The predicted molar refractivity (Wildman–Crippen MR) is 95.3 cm³/mol. The summed E-state index contributed by atoms with van der Waals surface area (Å²) in [7, 11) is 4.91. The minimum atomic E-state index is 0.627. The predicted octanol–water partition coefficient (Wildman–Crippen LogP) is 2.82. The van der Waals surface area contributed by atoms with Crippen molar-refractivity contribution in [1.82, 2.24) is 5.32 Å². The summed E-state index contributed by atoms with van der Waals surface area (Å²) in [4.78, 5) is 2.38. The molecule has 0 saturated carbocycles. The summed E-state index contributed by atoms with van der Waals surface area (Å²) in [5.41, 5.74) is 3.72. The lowest BCUT2D eigenvalue weighted by atomic mass is 10.1. The Balaban J connectivity index is 1.93. The van der Waals surface area contributed by atoms with Crippen molar-refractivity contribution in [3.05, 3.63) is 47.5 Å². The van der Waals surface area contributed by atoms with E-state index in [4.69, 9.17) is 14.2 Å². The normalized spacial score (nSPS) is 13.9. The van der Waals surface area contributed by atoms with Crippen molar-refractivity contribution >= 4 is 5.69 Å². The maximum Gasteiger partial charge on any atom is 0.203 e. The number of para-hydroxylation sites is 1. The van der Waals surface area contributed by atoms with Crippen LogP contribution in [0.15, 0.2) is 36.4 Å². The molecule has 0 aromatic heterocycles. The van der Waals surface area contributed by atoms with Crippen LogP contribution >= 0.6 is 0 Å². The monoisotopic (exact) mass is 328 g/mol. The topological polar surface area (TPSA) is 43.0 Å². The Morgan fingerprint density at radius 1 is 1.00 bits per heavy atom. The third-order valence-electron chi connectivity index (χ3n) is 4.30. The third-order valence-corrected chi connectivity index (χ3v) is 4.30. The lowest BCUT2D eigenvalue weighted by molar-refractivity contribution is 0.323. The summed E-state index contributed by atoms with van der Waals surface area (Å²) < 4.78 is 16.3. The highest BCUT2D eigenvalue weighted by Gasteiger charge is 2.18. The zero-order chi connectivity index (χ0) is 16.9. The number of benzene rings is 2. The van der Waals surface area contributed by atoms with Crippen LogP contribution in [0, 0.1) is 0 Å². The van der Waals surface area contributed by atoms with E-state index in [9.17, 15) is 0 Å². The molecule has 0 saturated heterocycles. The number of hydrogen-bond acceptors (Lipinski definition) is 5. The second-order valence-electron chi connectivity index (χ2n) is 5.76. The van der Waals surface area contributed by atoms with Gasteiger partial charge in [0.25, 0.3) is 0 Å². The first kappa shape index (κ1) is 16.5. The Hall–Kier alpha value is -2.40. The highest BCUT2D eigenvalue weighted by atomic mass is 16.5. The van der Waals surface area contributed by atoms with Crippen LogP contribution < -0.4 is 24.4 Å². The van der Waals surface area contributed by atoms with Crippen LogP contribution in [0.25, 0.3) is 0 Å². The Kier molecular flexibility index (Phi) is 5.11. The molecule has 0 atom stereocenters. The van der Waals surface area contributed by atoms with Gasteiger partial charge in [0.1, 0.15) is 0 Å². The average Bonchev–Trinajstić information content (AvgIpc) is 2.83. The van der Waals surface area contributed by atoms with E-state index in [-0.39, 0.29) is 0 Å². The fourth-order valence-electron chi connectivity index (χ4n) is 3.14. The van der Waals surface area contributed by atoms with Crippen molar-refractivity contribution in [2.45, 2.75) is 13.1 Å². The molecule has 5 nitrogen and oxygen atoms in total. The van der Waals surface area contributed by atoms with Gasteiger partial charge in [0.15, 0.2) is 11.5 Å². The third kappa shape index (κ3) is 3.26. The molecule has 128 valence electrons. The molecule has 1 N–H and O–H groups in total. The average molecular weight is 328 g/mol. The molecule has 0 spiro atoms. The maximum absolute atomic E-state index is 5.47. The van der Waals surface area contributed by atoms with E-state index in [1.807, 2.05) is 12.1 Å². The molecular weight excluding hydrogens is 304 g/mol. The molecule has 2 aromatic rings. The van der Waals surface area contributed by atoms with E-state index in [2.05, 4.69) is 34.5 Å². The molecule has 0 fully saturated rings. The van der Waals surface area contributed by atoms with Gasteiger partial charge in [-0.2, -0.15) is 0 Å². The maximum atomic E-state index is 5.47. The first-order valence-electron chi connectivity index (χ1n) is 8.09. The van der Waals surface area contributed by atoms with Gasteiger partial charge in [0.05, 0.1) is 21.3 Å². The van der Waals surface area contributed by atoms with Gasteiger partial charge in [-0.05, 0) is 29.3 Å². The molecule has 0 radical (unpaired) electrons. The van der Waals surface area contributed by atoms with E-state index in [0.717, 1.165) is 31.7 Å². The summed E-state index contributed by atoms with van der Waals surface area (Å²) in [6.45, 7) is 3.60. The van der Waals surface area contributed by atoms with Crippen LogP contribution in [0.1, 0.15) is 11.1 Å².